The van der Waals surface area contributed by atoms with E-state index in [0.29, 0.717) is 6.42 Å². The highest BCUT2D eigenvalue weighted by Gasteiger charge is 2.30. The number of hydrogen-bond acceptors (Lipinski definition) is 2. The van der Waals surface area contributed by atoms with E-state index < -0.39 is 0 Å². The molecule has 14 heavy (non-hydrogen) atoms. The van der Waals surface area contributed by atoms with Gasteiger partial charge >= 0.3 is 0 Å². The van der Waals surface area contributed by atoms with Crippen LogP contribution < -0.4 is 5.73 Å². The van der Waals surface area contributed by atoms with Crippen molar-refractivity contribution in [3.05, 3.63) is 0 Å². The maximum absolute atomic E-state index is 11.7. The molecule has 0 aliphatic carbocycles. The van der Waals surface area contributed by atoms with Crippen LogP contribution in [0, 0.1) is 5.41 Å². The summed E-state index contributed by atoms with van der Waals surface area (Å²) in [7, 11) is 0. The molecule has 1 amide bonds. The Labute approximate surface area is 86.6 Å². The van der Waals surface area contributed by atoms with Crippen LogP contribution in [-0.4, -0.2) is 23.5 Å². The molecule has 1 heterocycles. The molecule has 1 atom stereocenters. The maximum atomic E-state index is 11.7. The second-order valence-electron chi connectivity index (χ2n) is 5.21. The van der Waals surface area contributed by atoms with Gasteiger partial charge < -0.3 is 10.6 Å². The summed E-state index contributed by atoms with van der Waals surface area (Å²) in [6.07, 6.45) is 3.79. The molecule has 0 saturated carbocycles. The Hall–Kier alpha value is -0.570. The molecule has 3 heteroatoms. The maximum Gasteiger partial charge on any atom is 0.223 e. The Morgan fingerprint density at radius 3 is 2.50 bits per heavy atom. The van der Waals surface area contributed by atoms with Crippen molar-refractivity contribution in [1.29, 1.82) is 0 Å². The van der Waals surface area contributed by atoms with E-state index in [0.717, 1.165) is 25.8 Å². The first-order valence-electron chi connectivity index (χ1n) is 5.48. The van der Waals surface area contributed by atoms with Crippen molar-refractivity contribution in [3.8, 4) is 0 Å². The van der Waals surface area contributed by atoms with Gasteiger partial charge in [0.2, 0.25) is 5.91 Å². The summed E-state index contributed by atoms with van der Waals surface area (Å²) in [4.78, 5) is 13.6. The minimum Gasteiger partial charge on any atom is -0.327 e. The van der Waals surface area contributed by atoms with E-state index in [-0.39, 0.29) is 17.5 Å². The second-order valence-corrected chi connectivity index (χ2v) is 5.21. The zero-order valence-electron chi connectivity index (χ0n) is 9.55. The minimum atomic E-state index is -0.145. The van der Waals surface area contributed by atoms with Gasteiger partial charge in [-0.2, -0.15) is 0 Å². The smallest absolute Gasteiger partial charge is 0.223 e. The van der Waals surface area contributed by atoms with E-state index in [1.807, 2.05) is 4.90 Å². The fraction of sp³-hybridized carbons (Fsp3) is 0.909. The molecule has 2 N–H and O–H groups in total. The molecule has 82 valence electrons. The third kappa shape index (κ3) is 2.71. The molecule has 0 aromatic heterocycles. The first kappa shape index (κ1) is 11.5. The Bertz CT molecular complexity index is 208. The van der Waals surface area contributed by atoms with E-state index in [4.69, 9.17) is 5.73 Å². The van der Waals surface area contributed by atoms with Crippen LogP contribution >= 0.6 is 0 Å². The van der Waals surface area contributed by atoms with Crippen LogP contribution in [0.2, 0.25) is 0 Å². The van der Waals surface area contributed by atoms with E-state index >= 15 is 0 Å². The van der Waals surface area contributed by atoms with Crippen molar-refractivity contribution < 1.29 is 4.79 Å². The Kier molecular flexibility index (Phi) is 3.53. The lowest BCUT2D eigenvalue weighted by atomic mass is 9.91. The Morgan fingerprint density at radius 1 is 1.29 bits per heavy atom. The summed E-state index contributed by atoms with van der Waals surface area (Å²) in [5.74, 6) is 0.227. The standard InChI is InChI=1S/C11H22N2O/c1-11(2,3)10(12)13-8-6-4-5-7-9(13)14/h10H,4-8,12H2,1-3H3. The summed E-state index contributed by atoms with van der Waals surface area (Å²) in [6.45, 7) is 7.07. The lowest BCUT2D eigenvalue weighted by molar-refractivity contribution is -0.135. The monoisotopic (exact) mass is 198 g/mol. The normalized spacial score (nSPS) is 22.0. The van der Waals surface area contributed by atoms with Crippen molar-refractivity contribution in [1.82, 2.24) is 4.90 Å². The van der Waals surface area contributed by atoms with Gasteiger partial charge in [-0.15, -0.1) is 0 Å². The van der Waals surface area contributed by atoms with Crippen LogP contribution in [0.1, 0.15) is 46.5 Å². The van der Waals surface area contributed by atoms with Gasteiger partial charge in [-0.05, 0) is 18.3 Å². The molecule has 0 aromatic rings. The zero-order valence-corrected chi connectivity index (χ0v) is 9.55. The molecule has 1 aliphatic rings. The second kappa shape index (κ2) is 4.30. The lowest BCUT2D eigenvalue weighted by Crippen LogP contribution is -2.52. The molecule has 1 rings (SSSR count). The summed E-state index contributed by atoms with van der Waals surface area (Å²) in [5.41, 5.74) is 6.06. The minimum absolute atomic E-state index is 0.0278. The van der Waals surface area contributed by atoms with Crippen molar-refractivity contribution in [3.63, 3.8) is 0 Å². The molecule has 0 bridgehead atoms. The Balaban J connectivity index is 2.68. The number of carbonyl (C=O) groups is 1. The molecule has 3 nitrogen and oxygen atoms in total. The molecule has 0 radical (unpaired) electrons. The predicted molar refractivity (Wildman–Crippen MR) is 57.6 cm³/mol. The molecule has 0 spiro atoms. The number of rotatable bonds is 1. The molecular weight excluding hydrogens is 176 g/mol. The third-order valence-corrected chi connectivity index (χ3v) is 2.83. The van der Waals surface area contributed by atoms with Crippen LogP contribution in [0.3, 0.4) is 0 Å². The highest BCUT2D eigenvalue weighted by molar-refractivity contribution is 5.76. The van der Waals surface area contributed by atoms with E-state index in [9.17, 15) is 4.79 Å². The average molecular weight is 198 g/mol. The van der Waals surface area contributed by atoms with Gasteiger partial charge in [0.1, 0.15) is 0 Å². The molecule has 1 fully saturated rings. The number of amides is 1. The number of hydrogen-bond donors (Lipinski definition) is 1. The van der Waals surface area contributed by atoms with E-state index in [1.165, 1.54) is 0 Å². The molecular formula is C11H22N2O. The summed E-state index contributed by atoms with van der Waals surface area (Å²) in [6, 6.07) is 0. The third-order valence-electron chi connectivity index (χ3n) is 2.83. The van der Waals surface area contributed by atoms with Crippen molar-refractivity contribution in [2.75, 3.05) is 6.54 Å². The molecule has 1 saturated heterocycles. The quantitative estimate of drug-likeness (QED) is 0.697. The van der Waals surface area contributed by atoms with Crippen LogP contribution in [0.5, 0.6) is 0 Å². The van der Waals surface area contributed by atoms with Crippen LogP contribution in [0.4, 0.5) is 0 Å². The number of nitrogens with two attached hydrogens (primary N) is 1. The van der Waals surface area contributed by atoms with Gasteiger partial charge in [0.25, 0.3) is 0 Å². The first-order valence-corrected chi connectivity index (χ1v) is 5.48. The summed E-state index contributed by atoms with van der Waals surface area (Å²) < 4.78 is 0. The highest BCUT2D eigenvalue weighted by Crippen LogP contribution is 2.23. The topological polar surface area (TPSA) is 46.3 Å². The fourth-order valence-corrected chi connectivity index (χ4v) is 1.77. The zero-order chi connectivity index (χ0) is 10.8. The lowest BCUT2D eigenvalue weighted by Gasteiger charge is -2.36. The number of likely N-dealkylation sites (tertiary alicyclic amines) is 1. The average Bonchev–Trinajstić information content (AvgIpc) is 2.27. The SMILES string of the molecule is CC(C)(C)C(N)N1CCCCCC1=O. The molecule has 0 aromatic carbocycles. The van der Waals surface area contributed by atoms with Gasteiger partial charge in [-0.3, -0.25) is 4.79 Å². The summed E-state index contributed by atoms with van der Waals surface area (Å²) in [5, 5.41) is 0. The van der Waals surface area contributed by atoms with Gasteiger partial charge in [0.05, 0.1) is 6.17 Å². The predicted octanol–water partition coefficient (Wildman–Crippen LogP) is 1.72. The van der Waals surface area contributed by atoms with Gasteiger partial charge in [-0.25, -0.2) is 0 Å². The van der Waals surface area contributed by atoms with Crippen molar-refractivity contribution in [2.24, 2.45) is 11.1 Å². The largest absolute Gasteiger partial charge is 0.327 e. The van der Waals surface area contributed by atoms with Gasteiger partial charge in [-0.1, -0.05) is 27.2 Å². The van der Waals surface area contributed by atoms with Crippen LogP contribution in [-0.2, 0) is 4.79 Å². The molecule has 1 unspecified atom stereocenters. The number of nitrogens with zero attached hydrogens (tertiary/aromatic N) is 1. The Morgan fingerprint density at radius 2 is 1.93 bits per heavy atom. The van der Waals surface area contributed by atoms with Crippen molar-refractivity contribution >= 4 is 5.91 Å². The van der Waals surface area contributed by atoms with Crippen LogP contribution in [0.15, 0.2) is 0 Å². The van der Waals surface area contributed by atoms with Gasteiger partial charge in [0.15, 0.2) is 0 Å². The highest BCUT2D eigenvalue weighted by atomic mass is 16.2. The van der Waals surface area contributed by atoms with Crippen molar-refractivity contribution in [2.45, 2.75) is 52.6 Å². The first-order chi connectivity index (χ1) is 6.43. The number of carbonyl (C=O) groups excluding carboxylic acids is 1. The van der Waals surface area contributed by atoms with Gasteiger partial charge in [0, 0.05) is 13.0 Å². The van der Waals surface area contributed by atoms with Crippen LogP contribution in [0.25, 0.3) is 0 Å². The van der Waals surface area contributed by atoms with E-state index in [2.05, 4.69) is 20.8 Å². The molecule has 1 aliphatic heterocycles. The van der Waals surface area contributed by atoms with E-state index in [1.54, 1.807) is 0 Å². The fourth-order valence-electron chi connectivity index (χ4n) is 1.77. The summed E-state index contributed by atoms with van der Waals surface area (Å²) >= 11 is 0.